The molecule has 0 bridgehead atoms. The second kappa shape index (κ2) is 4.85. The fourth-order valence-electron chi connectivity index (χ4n) is 1.00. The van der Waals surface area contributed by atoms with Crippen LogP contribution in [0.3, 0.4) is 0 Å². The van der Waals surface area contributed by atoms with E-state index in [-0.39, 0.29) is 11.9 Å². The third kappa shape index (κ3) is 3.30. The van der Waals surface area contributed by atoms with Gasteiger partial charge in [0.25, 0.3) is 0 Å². The molecule has 0 aliphatic carbocycles. The summed E-state index contributed by atoms with van der Waals surface area (Å²) in [4.78, 5) is 11.4. The summed E-state index contributed by atoms with van der Waals surface area (Å²) in [5, 5.41) is 9.27. The molecule has 15 heavy (non-hydrogen) atoms. The quantitative estimate of drug-likeness (QED) is 0.594. The molecule has 0 saturated heterocycles. The average Bonchev–Trinajstić information content (AvgIpc) is 2.16. The normalized spacial score (nSPS) is 14.9. The second-order valence-corrected chi connectivity index (χ2v) is 3.05. The van der Waals surface area contributed by atoms with Gasteiger partial charge >= 0.3 is 0 Å². The van der Waals surface area contributed by atoms with Gasteiger partial charge in [-0.25, -0.2) is 0 Å². The molecule has 0 amide bonds. The van der Waals surface area contributed by atoms with Crippen molar-refractivity contribution in [3.63, 3.8) is 0 Å². The van der Waals surface area contributed by atoms with Gasteiger partial charge < -0.3 is 21.3 Å². The highest BCUT2D eigenvalue weighted by Gasteiger charge is 2.14. The van der Waals surface area contributed by atoms with E-state index >= 15 is 0 Å². The highest BCUT2D eigenvalue weighted by molar-refractivity contribution is 5.26. The Morgan fingerprint density at radius 3 is 2.27 bits per heavy atom. The molecule has 0 aliphatic heterocycles. The molecule has 7 heteroatoms. The van der Waals surface area contributed by atoms with Crippen molar-refractivity contribution in [3.8, 4) is 0 Å². The molecule has 1 heterocycles. The van der Waals surface area contributed by atoms with Gasteiger partial charge in [-0.2, -0.15) is 15.0 Å². The Labute approximate surface area is 87.5 Å². The lowest BCUT2D eigenvalue weighted by molar-refractivity contribution is -0.135. The summed E-state index contributed by atoms with van der Waals surface area (Å²) in [6, 6.07) is 0. The van der Waals surface area contributed by atoms with E-state index < -0.39 is 12.4 Å². The summed E-state index contributed by atoms with van der Waals surface area (Å²) in [6.45, 7) is 3.50. The summed E-state index contributed by atoms with van der Waals surface area (Å²) in [5.74, 6) is 0.394. The minimum atomic E-state index is -0.848. The fourth-order valence-corrected chi connectivity index (χ4v) is 1.00. The number of aliphatic hydroxyl groups is 1. The first-order valence-corrected chi connectivity index (χ1v) is 4.63. The van der Waals surface area contributed by atoms with Crippen molar-refractivity contribution in [2.24, 2.45) is 0 Å². The van der Waals surface area contributed by atoms with E-state index in [1.807, 2.05) is 0 Å². The van der Waals surface area contributed by atoms with Gasteiger partial charge in [-0.05, 0) is 13.3 Å². The number of nitrogens with two attached hydrogens (primary N) is 2. The molecule has 0 aromatic carbocycles. The van der Waals surface area contributed by atoms with E-state index in [4.69, 9.17) is 16.2 Å². The Bertz CT molecular complexity index is 313. The molecule has 0 fully saturated rings. The van der Waals surface area contributed by atoms with Crippen molar-refractivity contribution in [1.82, 2.24) is 15.0 Å². The molecule has 0 radical (unpaired) electrons. The van der Waals surface area contributed by atoms with Crippen molar-refractivity contribution in [3.05, 3.63) is 5.82 Å². The van der Waals surface area contributed by atoms with Crippen LogP contribution in [0.5, 0.6) is 0 Å². The van der Waals surface area contributed by atoms with Crippen LogP contribution >= 0.6 is 0 Å². The van der Waals surface area contributed by atoms with Crippen LogP contribution in [0, 0.1) is 0 Å². The first-order chi connectivity index (χ1) is 7.02. The monoisotopic (exact) mass is 213 g/mol. The predicted octanol–water partition coefficient (Wildman–Crippen LogP) is -0.158. The van der Waals surface area contributed by atoms with Crippen molar-refractivity contribution in [1.29, 1.82) is 0 Å². The first kappa shape index (κ1) is 11.6. The number of hydrogen-bond acceptors (Lipinski definition) is 7. The Kier molecular flexibility index (Phi) is 3.75. The summed E-state index contributed by atoms with van der Waals surface area (Å²) in [7, 11) is 0. The lowest BCUT2D eigenvalue weighted by Gasteiger charge is -2.15. The lowest BCUT2D eigenvalue weighted by atomic mass is 10.3. The van der Waals surface area contributed by atoms with Crippen LogP contribution < -0.4 is 11.5 Å². The molecule has 0 saturated carbocycles. The number of ether oxygens (including phenoxy) is 1. The topological polar surface area (TPSA) is 120 Å². The van der Waals surface area contributed by atoms with Gasteiger partial charge in [0.05, 0.1) is 0 Å². The molecule has 5 N–H and O–H groups in total. The minimum absolute atomic E-state index is 0.0407. The van der Waals surface area contributed by atoms with Gasteiger partial charge in [0.15, 0.2) is 12.1 Å². The summed E-state index contributed by atoms with van der Waals surface area (Å²) in [6.07, 6.45) is -0.841. The summed E-state index contributed by atoms with van der Waals surface area (Å²) < 4.78 is 5.19. The Morgan fingerprint density at radius 1 is 1.27 bits per heavy atom. The molecular weight excluding hydrogens is 198 g/mol. The number of aliphatic hydroxyl groups excluding tert-OH is 1. The maximum Gasteiger partial charge on any atom is 0.225 e. The standard InChI is InChI=1S/C8H15N5O2/c1-3-5(14)15-4(2)6-11-7(9)13-8(10)12-6/h4-5,14H,3H2,1-2H3,(H4,9,10,11,12,13). The minimum Gasteiger partial charge on any atom is -0.368 e. The van der Waals surface area contributed by atoms with Crippen LogP contribution in [-0.4, -0.2) is 26.3 Å². The average molecular weight is 213 g/mol. The van der Waals surface area contributed by atoms with Crippen molar-refractivity contribution >= 4 is 11.9 Å². The van der Waals surface area contributed by atoms with Gasteiger partial charge in [-0.1, -0.05) is 6.92 Å². The van der Waals surface area contributed by atoms with Gasteiger partial charge in [-0.15, -0.1) is 0 Å². The number of anilines is 2. The third-order valence-electron chi connectivity index (χ3n) is 1.76. The Morgan fingerprint density at radius 2 is 1.80 bits per heavy atom. The molecule has 84 valence electrons. The van der Waals surface area contributed by atoms with Crippen LogP contribution in [0.1, 0.15) is 32.2 Å². The van der Waals surface area contributed by atoms with Crippen molar-refractivity contribution in [2.75, 3.05) is 11.5 Å². The summed E-state index contributed by atoms with van der Waals surface area (Å²) in [5.41, 5.74) is 10.8. The van der Waals surface area contributed by atoms with Crippen LogP contribution in [0.25, 0.3) is 0 Å². The highest BCUT2D eigenvalue weighted by Crippen LogP contribution is 2.15. The third-order valence-corrected chi connectivity index (χ3v) is 1.76. The van der Waals surface area contributed by atoms with Crippen LogP contribution in [-0.2, 0) is 4.74 Å². The molecule has 0 aliphatic rings. The number of nitrogen functional groups attached to an aromatic ring is 2. The fraction of sp³-hybridized carbons (Fsp3) is 0.625. The van der Waals surface area contributed by atoms with Crippen molar-refractivity contribution in [2.45, 2.75) is 32.7 Å². The smallest absolute Gasteiger partial charge is 0.225 e. The molecule has 7 nitrogen and oxygen atoms in total. The number of aromatic nitrogens is 3. The first-order valence-electron chi connectivity index (χ1n) is 4.63. The zero-order valence-corrected chi connectivity index (χ0v) is 8.71. The molecular formula is C8H15N5O2. The van der Waals surface area contributed by atoms with Crippen LogP contribution in [0.4, 0.5) is 11.9 Å². The predicted molar refractivity (Wildman–Crippen MR) is 54.4 cm³/mol. The van der Waals surface area contributed by atoms with E-state index in [1.54, 1.807) is 13.8 Å². The van der Waals surface area contributed by atoms with Crippen LogP contribution in [0.2, 0.25) is 0 Å². The molecule has 1 aromatic heterocycles. The Hall–Kier alpha value is -1.47. The second-order valence-electron chi connectivity index (χ2n) is 3.05. The molecule has 2 atom stereocenters. The van der Waals surface area contributed by atoms with E-state index in [1.165, 1.54) is 0 Å². The van der Waals surface area contributed by atoms with Gasteiger partial charge in [0.1, 0.15) is 6.10 Å². The number of rotatable bonds is 4. The molecule has 2 unspecified atom stereocenters. The van der Waals surface area contributed by atoms with Crippen molar-refractivity contribution < 1.29 is 9.84 Å². The highest BCUT2D eigenvalue weighted by atomic mass is 16.6. The Balaban J connectivity index is 2.77. The van der Waals surface area contributed by atoms with E-state index in [0.29, 0.717) is 12.2 Å². The number of nitrogens with zero attached hydrogens (tertiary/aromatic N) is 3. The van der Waals surface area contributed by atoms with E-state index in [0.717, 1.165) is 0 Å². The zero-order chi connectivity index (χ0) is 11.4. The van der Waals surface area contributed by atoms with Gasteiger partial charge in [-0.3, -0.25) is 0 Å². The number of hydrogen-bond donors (Lipinski definition) is 3. The molecule has 0 spiro atoms. The zero-order valence-electron chi connectivity index (χ0n) is 8.71. The SMILES string of the molecule is CCC(O)OC(C)c1nc(N)nc(N)n1. The maximum atomic E-state index is 9.27. The van der Waals surface area contributed by atoms with Crippen LogP contribution in [0.15, 0.2) is 0 Å². The van der Waals surface area contributed by atoms with E-state index in [2.05, 4.69) is 15.0 Å². The molecule has 1 rings (SSSR count). The summed E-state index contributed by atoms with van der Waals surface area (Å²) >= 11 is 0. The lowest BCUT2D eigenvalue weighted by Crippen LogP contribution is -2.17. The van der Waals surface area contributed by atoms with Gasteiger partial charge in [0, 0.05) is 0 Å². The van der Waals surface area contributed by atoms with Gasteiger partial charge in [0.2, 0.25) is 11.9 Å². The molecule has 1 aromatic rings. The van der Waals surface area contributed by atoms with E-state index in [9.17, 15) is 5.11 Å². The largest absolute Gasteiger partial charge is 0.368 e. The maximum absolute atomic E-state index is 9.27.